The molecule has 82 valence electrons. The zero-order valence-electron chi connectivity index (χ0n) is 9.43. The van der Waals surface area contributed by atoms with Gasteiger partial charge in [-0.1, -0.05) is 38.5 Å². The molecule has 0 aromatic rings. The van der Waals surface area contributed by atoms with Crippen molar-refractivity contribution in [3.8, 4) is 0 Å². The average molecular weight is 195 g/mol. The summed E-state index contributed by atoms with van der Waals surface area (Å²) in [6, 6.07) is 0. The SMILES string of the molecule is NCC1(C2CCCCC2)CCCCC1. The molecule has 0 spiro atoms. The minimum Gasteiger partial charge on any atom is -0.330 e. The summed E-state index contributed by atoms with van der Waals surface area (Å²) in [6.07, 6.45) is 14.5. The monoisotopic (exact) mass is 195 g/mol. The highest BCUT2D eigenvalue weighted by atomic mass is 14.6. The summed E-state index contributed by atoms with van der Waals surface area (Å²) in [6.45, 7) is 0.956. The van der Waals surface area contributed by atoms with Gasteiger partial charge in [-0.25, -0.2) is 0 Å². The van der Waals surface area contributed by atoms with Gasteiger partial charge in [-0.15, -0.1) is 0 Å². The fourth-order valence-electron chi connectivity index (χ4n) is 3.75. The second-order valence-electron chi connectivity index (χ2n) is 5.46. The van der Waals surface area contributed by atoms with E-state index in [4.69, 9.17) is 5.73 Å². The largest absolute Gasteiger partial charge is 0.330 e. The van der Waals surface area contributed by atoms with Crippen LogP contribution in [0.15, 0.2) is 0 Å². The highest BCUT2D eigenvalue weighted by Crippen LogP contribution is 2.47. The van der Waals surface area contributed by atoms with E-state index in [0.717, 1.165) is 12.5 Å². The highest BCUT2D eigenvalue weighted by Gasteiger charge is 2.38. The van der Waals surface area contributed by atoms with Crippen molar-refractivity contribution in [2.45, 2.75) is 64.2 Å². The summed E-state index contributed by atoms with van der Waals surface area (Å²) >= 11 is 0. The van der Waals surface area contributed by atoms with Crippen LogP contribution in [0.4, 0.5) is 0 Å². The molecule has 0 aliphatic heterocycles. The Morgan fingerprint density at radius 1 is 0.857 bits per heavy atom. The van der Waals surface area contributed by atoms with Crippen molar-refractivity contribution >= 4 is 0 Å². The maximum Gasteiger partial charge on any atom is -0.00179 e. The van der Waals surface area contributed by atoms with Gasteiger partial charge in [-0.05, 0) is 43.6 Å². The molecule has 2 saturated carbocycles. The summed E-state index contributed by atoms with van der Waals surface area (Å²) < 4.78 is 0. The van der Waals surface area contributed by atoms with Crippen LogP contribution in [0.1, 0.15) is 64.2 Å². The summed E-state index contributed by atoms with van der Waals surface area (Å²) in [5.74, 6) is 0.974. The van der Waals surface area contributed by atoms with E-state index in [-0.39, 0.29) is 0 Å². The van der Waals surface area contributed by atoms with E-state index in [1.54, 1.807) is 0 Å². The van der Waals surface area contributed by atoms with Crippen LogP contribution < -0.4 is 5.73 Å². The first-order valence-corrected chi connectivity index (χ1v) is 6.57. The van der Waals surface area contributed by atoms with Crippen molar-refractivity contribution in [3.05, 3.63) is 0 Å². The van der Waals surface area contributed by atoms with Gasteiger partial charge >= 0.3 is 0 Å². The number of rotatable bonds is 2. The lowest BCUT2D eigenvalue weighted by molar-refractivity contribution is 0.0762. The minimum atomic E-state index is 0.568. The van der Waals surface area contributed by atoms with Gasteiger partial charge in [0.1, 0.15) is 0 Å². The van der Waals surface area contributed by atoms with Crippen LogP contribution in [0, 0.1) is 11.3 Å². The van der Waals surface area contributed by atoms with Gasteiger partial charge in [0.25, 0.3) is 0 Å². The third-order valence-electron chi connectivity index (χ3n) is 4.73. The molecule has 0 aromatic carbocycles. The Kier molecular flexibility index (Phi) is 3.48. The lowest BCUT2D eigenvalue weighted by Gasteiger charge is -2.44. The van der Waals surface area contributed by atoms with E-state index in [1.165, 1.54) is 64.2 Å². The number of nitrogens with two attached hydrogens (primary N) is 1. The Labute approximate surface area is 88.4 Å². The van der Waals surface area contributed by atoms with Crippen molar-refractivity contribution < 1.29 is 0 Å². The molecule has 0 saturated heterocycles. The molecular weight excluding hydrogens is 170 g/mol. The molecule has 1 heteroatoms. The highest BCUT2D eigenvalue weighted by molar-refractivity contribution is 4.91. The van der Waals surface area contributed by atoms with Crippen LogP contribution >= 0.6 is 0 Å². The molecule has 2 fully saturated rings. The van der Waals surface area contributed by atoms with Crippen molar-refractivity contribution in [1.29, 1.82) is 0 Å². The smallest absolute Gasteiger partial charge is 0.00179 e. The molecule has 0 atom stereocenters. The molecule has 0 radical (unpaired) electrons. The third-order valence-corrected chi connectivity index (χ3v) is 4.73. The van der Waals surface area contributed by atoms with E-state index < -0.39 is 0 Å². The van der Waals surface area contributed by atoms with E-state index in [0.29, 0.717) is 5.41 Å². The van der Waals surface area contributed by atoms with Crippen LogP contribution in [0.25, 0.3) is 0 Å². The molecule has 0 bridgehead atoms. The zero-order valence-corrected chi connectivity index (χ0v) is 9.43. The molecule has 0 amide bonds. The van der Waals surface area contributed by atoms with E-state index in [1.807, 2.05) is 0 Å². The normalized spacial score (nSPS) is 28.9. The quantitative estimate of drug-likeness (QED) is 0.717. The van der Waals surface area contributed by atoms with E-state index in [9.17, 15) is 0 Å². The number of hydrogen-bond acceptors (Lipinski definition) is 1. The summed E-state index contributed by atoms with van der Waals surface area (Å²) in [7, 11) is 0. The van der Waals surface area contributed by atoms with Gasteiger partial charge in [-0.3, -0.25) is 0 Å². The molecular formula is C13H25N. The summed E-state index contributed by atoms with van der Waals surface area (Å²) in [5, 5.41) is 0. The maximum atomic E-state index is 6.07. The molecule has 2 N–H and O–H groups in total. The zero-order chi connectivity index (χ0) is 9.86. The first-order valence-electron chi connectivity index (χ1n) is 6.57. The Morgan fingerprint density at radius 3 is 2.00 bits per heavy atom. The molecule has 0 unspecified atom stereocenters. The number of hydrogen-bond donors (Lipinski definition) is 1. The predicted octanol–water partition coefficient (Wildman–Crippen LogP) is 3.48. The summed E-state index contributed by atoms with van der Waals surface area (Å²) in [5.41, 5.74) is 6.64. The first kappa shape index (κ1) is 10.5. The average Bonchev–Trinajstić information content (AvgIpc) is 2.31. The second-order valence-corrected chi connectivity index (χ2v) is 5.46. The Bertz CT molecular complexity index is 164. The molecule has 14 heavy (non-hydrogen) atoms. The van der Waals surface area contributed by atoms with Crippen molar-refractivity contribution in [2.24, 2.45) is 17.1 Å². The standard InChI is InChI=1S/C13H25N/c14-11-13(9-5-2-6-10-13)12-7-3-1-4-8-12/h12H,1-11,14H2. The van der Waals surface area contributed by atoms with E-state index >= 15 is 0 Å². The van der Waals surface area contributed by atoms with Crippen LogP contribution in [0.2, 0.25) is 0 Å². The second kappa shape index (κ2) is 4.65. The molecule has 0 aromatic heterocycles. The van der Waals surface area contributed by atoms with Gasteiger partial charge in [0.05, 0.1) is 0 Å². The molecule has 1 nitrogen and oxygen atoms in total. The fourth-order valence-corrected chi connectivity index (χ4v) is 3.75. The Balaban J connectivity index is 2.01. The van der Waals surface area contributed by atoms with Crippen LogP contribution in [0.5, 0.6) is 0 Å². The molecule has 2 aliphatic rings. The first-order chi connectivity index (χ1) is 6.87. The van der Waals surface area contributed by atoms with Crippen molar-refractivity contribution in [3.63, 3.8) is 0 Å². The van der Waals surface area contributed by atoms with Crippen LogP contribution in [-0.4, -0.2) is 6.54 Å². The van der Waals surface area contributed by atoms with Gasteiger partial charge in [0.15, 0.2) is 0 Å². The van der Waals surface area contributed by atoms with Crippen molar-refractivity contribution in [1.82, 2.24) is 0 Å². The lowest BCUT2D eigenvalue weighted by Crippen LogP contribution is -2.40. The van der Waals surface area contributed by atoms with Crippen molar-refractivity contribution in [2.75, 3.05) is 6.54 Å². The lowest BCUT2D eigenvalue weighted by atomic mass is 9.62. The minimum absolute atomic E-state index is 0.568. The van der Waals surface area contributed by atoms with Crippen LogP contribution in [-0.2, 0) is 0 Å². The Morgan fingerprint density at radius 2 is 1.43 bits per heavy atom. The van der Waals surface area contributed by atoms with Crippen LogP contribution in [0.3, 0.4) is 0 Å². The fraction of sp³-hybridized carbons (Fsp3) is 1.00. The third kappa shape index (κ3) is 1.98. The van der Waals surface area contributed by atoms with Gasteiger partial charge in [0.2, 0.25) is 0 Å². The van der Waals surface area contributed by atoms with Gasteiger partial charge in [0, 0.05) is 0 Å². The maximum absolute atomic E-state index is 6.07. The van der Waals surface area contributed by atoms with Gasteiger partial charge in [-0.2, -0.15) is 0 Å². The molecule has 2 aliphatic carbocycles. The summed E-state index contributed by atoms with van der Waals surface area (Å²) in [4.78, 5) is 0. The molecule has 2 rings (SSSR count). The van der Waals surface area contributed by atoms with Gasteiger partial charge < -0.3 is 5.73 Å². The van der Waals surface area contributed by atoms with E-state index in [2.05, 4.69) is 0 Å². The topological polar surface area (TPSA) is 26.0 Å². The molecule has 0 heterocycles. The Hall–Kier alpha value is -0.0400. The predicted molar refractivity (Wildman–Crippen MR) is 61.1 cm³/mol.